The molecule has 0 aromatic heterocycles. The zero-order valence-electron chi connectivity index (χ0n) is 14.3. The van der Waals surface area contributed by atoms with Gasteiger partial charge in [0.25, 0.3) is 5.91 Å². The fourth-order valence-corrected chi connectivity index (χ4v) is 2.50. The van der Waals surface area contributed by atoms with Crippen LogP contribution in [-0.4, -0.2) is 17.2 Å². The Bertz CT molecular complexity index is 921. The van der Waals surface area contributed by atoms with E-state index in [9.17, 15) is 9.90 Å². The molecular weight excluding hydrogens is 408 g/mol. The van der Waals surface area contributed by atoms with Gasteiger partial charge in [0.1, 0.15) is 18.1 Å². The van der Waals surface area contributed by atoms with Gasteiger partial charge in [-0.15, -0.1) is 0 Å². The third-order valence-corrected chi connectivity index (χ3v) is 4.24. The van der Waals surface area contributed by atoms with E-state index >= 15 is 0 Å². The van der Waals surface area contributed by atoms with Crippen molar-refractivity contribution in [2.24, 2.45) is 5.10 Å². The summed E-state index contributed by atoms with van der Waals surface area (Å²) >= 11 is 3.40. The SMILES string of the molecule is O=C(NN=Cc1ccc(O)cc1)c1ccc(OCc2ccc(Br)cc2)cc1. The summed E-state index contributed by atoms with van der Waals surface area (Å²) in [5, 5.41) is 13.1. The lowest BCUT2D eigenvalue weighted by Gasteiger charge is -2.07. The van der Waals surface area contributed by atoms with Crippen LogP contribution in [0.3, 0.4) is 0 Å². The maximum atomic E-state index is 12.1. The van der Waals surface area contributed by atoms with E-state index in [4.69, 9.17) is 4.74 Å². The molecular formula is C21H17BrN2O3. The largest absolute Gasteiger partial charge is 0.508 e. The smallest absolute Gasteiger partial charge is 0.271 e. The van der Waals surface area contributed by atoms with Crippen LogP contribution in [0.2, 0.25) is 0 Å². The van der Waals surface area contributed by atoms with Crippen LogP contribution in [0.25, 0.3) is 0 Å². The van der Waals surface area contributed by atoms with E-state index < -0.39 is 0 Å². The molecule has 0 aliphatic carbocycles. The van der Waals surface area contributed by atoms with Crippen LogP contribution in [0.1, 0.15) is 21.5 Å². The summed E-state index contributed by atoms with van der Waals surface area (Å²) in [4.78, 5) is 12.1. The molecule has 1 amide bonds. The highest BCUT2D eigenvalue weighted by atomic mass is 79.9. The summed E-state index contributed by atoms with van der Waals surface area (Å²) in [5.41, 5.74) is 4.78. The van der Waals surface area contributed by atoms with Crippen LogP contribution in [-0.2, 0) is 6.61 Å². The number of hydrogen-bond acceptors (Lipinski definition) is 4. The Hall–Kier alpha value is -3.12. The number of amides is 1. The van der Waals surface area contributed by atoms with Crippen molar-refractivity contribution in [3.8, 4) is 11.5 Å². The van der Waals surface area contributed by atoms with Gasteiger partial charge in [0.15, 0.2) is 0 Å². The Labute approximate surface area is 165 Å². The van der Waals surface area contributed by atoms with Crippen molar-refractivity contribution >= 4 is 28.1 Å². The predicted octanol–water partition coefficient (Wildman–Crippen LogP) is 4.50. The summed E-state index contributed by atoms with van der Waals surface area (Å²) in [6.07, 6.45) is 1.51. The maximum Gasteiger partial charge on any atom is 0.271 e. The molecule has 0 spiro atoms. The summed E-state index contributed by atoms with van der Waals surface area (Å²) in [5.74, 6) is 0.546. The normalized spacial score (nSPS) is 10.7. The molecule has 136 valence electrons. The first-order chi connectivity index (χ1) is 13.1. The lowest BCUT2D eigenvalue weighted by molar-refractivity contribution is 0.0955. The zero-order valence-corrected chi connectivity index (χ0v) is 15.9. The van der Waals surface area contributed by atoms with Gasteiger partial charge < -0.3 is 9.84 Å². The van der Waals surface area contributed by atoms with Gasteiger partial charge in [-0.3, -0.25) is 4.79 Å². The molecule has 0 aliphatic heterocycles. The number of nitrogens with zero attached hydrogens (tertiary/aromatic N) is 1. The van der Waals surface area contributed by atoms with E-state index in [-0.39, 0.29) is 11.7 Å². The minimum Gasteiger partial charge on any atom is -0.508 e. The number of halogens is 1. The second-order valence-electron chi connectivity index (χ2n) is 5.73. The molecule has 3 aromatic rings. The van der Waals surface area contributed by atoms with Gasteiger partial charge in [-0.2, -0.15) is 5.10 Å². The summed E-state index contributed by atoms with van der Waals surface area (Å²) in [6, 6.07) is 21.3. The highest BCUT2D eigenvalue weighted by Crippen LogP contribution is 2.16. The highest BCUT2D eigenvalue weighted by Gasteiger charge is 2.04. The number of phenols is 1. The molecule has 0 unspecified atom stereocenters. The van der Waals surface area contributed by atoms with E-state index in [1.54, 1.807) is 48.5 Å². The van der Waals surface area contributed by atoms with Crippen LogP contribution >= 0.6 is 15.9 Å². The average molecular weight is 425 g/mol. The van der Waals surface area contributed by atoms with E-state index in [1.807, 2.05) is 24.3 Å². The van der Waals surface area contributed by atoms with Gasteiger partial charge >= 0.3 is 0 Å². The molecule has 0 atom stereocenters. The van der Waals surface area contributed by atoms with Crippen molar-refractivity contribution in [1.29, 1.82) is 0 Å². The molecule has 2 N–H and O–H groups in total. The van der Waals surface area contributed by atoms with Crippen molar-refractivity contribution in [1.82, 2.24) is 5.43 Å². The van der Waals surface area contributed by atoms with Crippen molar-refractivity contribution in [2.45, 2.75) is 6.61 Å². The number of aromatic hydroxyl groups is 1. The summed E-state index contributed by atoms with van der Waals surface area (Å²) < 4.78 is 6.74. The number of carbonyl (C=O) groups is 1. The van der Waals surface area contributed by atoms with Crippen LogP contribution in [0, 0.1) is 0 Å². The molecule has 0 heterocycles. The minimum absolute atomic E-state index is 0.179. The Kier molecular flexibility index (Phi) is 6.22. The number of phenolic OH excluding ortho intramolecular Hbond substituents is 1. The van der Waals surface area contributed by atoms with Gasteiger partial charge in [0.05, 0.1) is 6.21 Å². The van der Waals surface area contributed by atoms with Crippen LogP contribution < -0.4 is 10.2 Å². The molecule has 0 radical (unpaired) electrons. The zero-order chi connectivity index (χ0) is 19.1. The quantitative estimate of drug-likeness (QED) is 0.452. The Morgan fingerprint density at radius 2 is 1.67 bits per heavy atom. The first-order valence-electron chi connectivity index (χ1n) is 8.20. The minimum atomic E-state index is -0.315. The third kappa shape index (κ3) is 5.69. The number of hydrogen-bond donors (Lipinski definition) is 2. The fraction of sp³-hybridized carbons (Fsp3) is 0.0476. The van der Waals surface area contributed by atoms with Gasteiger partial charge in [0.2, 0.25) is 0 Å². The van der Waals surface area contributed by atoms with E-state index in [1.165, 1.54) is 6.21 Å². The van der Waals surface area contributed by atoms with Gasteiger partial charge in [-0.25, -0.2) is 5.43 Å². The molecule has 5 nitrogen and oxygen atoms in total. The number of rotatable bonds is 6. The van der Waals surface area contributed by atoms with Gasteiger partial charge in [-0.05, 0) is 71.8 Å². The second kappa shape index (κ2) is 9.00. The fourth-order valence-electron chi connectivity index (χ4n) is 2.24. The maximum absolute atomic E-state index is 12.1. The first-order valence-corrected chi connectivity index (χ1v) is 8.99. The average Bonchev–Trinajstić information content (AvgIpc) is 2.69. The number of hydrazone groups is 1. The molecule has 0 saturated carbocycles. The third-order valence-electron chi connectivity index (χ3n) is 3.71. The van der Waals surface area contributed by atoms with Crippen LogP contribution in [0.15, 0.2) is 82.4 Å². The Balaban J connectivity index is 1.52. The number of benzene rings is 3. The van der Waals surface area contributed by atoms with Gasteiger partial charge in [0, 0.05) is 10.0 Å². The lowest BCUT2D eigenvalue weighted by atomic mass is 10.2. The Morgan fingerprint density at radius 3 is 2.33 bits per heavy atom. The molecule has 27 heavy (non-hydrogen) atoms. The number of nitrogens with one attached hydrogen (secondary N) is 1. The molecule has 0 fully saturated rings. The second-order valence-corrected chi connectivity index (χ2v) is 6.65. The molecule has 0 bridgehead atoms. The molecule has 3 rings (SSSR count). The van der Waals surface area contributed by atoms with Gasteiger partial charge in [-0.1, -0.05) is 28.1 Å². The number of ether oxygens (including phenoxy) is 1. The monoisotopic (exact) mass is 424 g/mol. The van der Waals surface area contributed by atoms with Crippen molar-refractivity contribution < 1.29 is 14.6 Å². The van der Waals surface area contributed by atoms with Crippen molar-refractivity contribution in [2.75, 3.05) is 0 Å². The van der Waals surface area contributed by atoms with Crippen LogP contribution in [0.5, 0.6) is 11.5 Å². The van der Waals surface area contributed by atoms with E-state index in [0.29, 0.717) is 17.9 Å². The summed E-state index contributed by atoms with van der Waals surface area (Å²) in [7, 11) is 0. The van der Waals surface area contributed by atoms with Crippen LogP contribution in [0.4, 0.5) is 0 Å². The van der Waals surface area contributed by atoms with Crippen molar-refractivity contribution in [3.63, 3.8) is 0 Å². The predicted molar refractivity (Wildman–Crippen MR) is 108 cm³/mol. The molecule has 3 aromatic carbocycles. The van der Waals surface area contributed by atoms with E-state index in [0.717, 1.165) is 15.6 Å². The first kappa shape index (κ1) is 18.7. The molecule has 6 heteroatoms. The standard InChI is InChI=1S/C21H17BrN2O3/c22-18-7-1-16(2-8-18)14-27-20-11-5-17(6-12-20)21(26)24-23-13-15-3-9-19(25)10-4-15/h1-13,25H,14H2,(H,24,26). The Morgan fingerprint density at radius 1 is 1.00 bits per heavy atom. The molecule has 0 saturated heterocycles. The van der Waals surface area contributed by atoms with E-state index in [2.05, 4.69) is 26.5 Å². The highest BCUT2D eigenvalue weighted by molar-refractivity contribution is 9.10. The summed E-state index contributed by atoms with van der Waals surface area (Å²) in [6.45, 7) is 0.454. The topological polar surface area (TPSA) is 70.9 Å². The van der Waals surface area contributed by atoms with Crippen molar-refractivity contribution in [3.05, 3.63) is 94.0 Å². The lowest BCUT2D eigenvalue weighted by Crippen LogP contribution is -2.17. The number of carbonyl (C=O) groups excluding carboxylic acids is 1. The molecule has 0 aliphatic rings.